The van der Waals surface area contributed by atoms with Gasteiger partial charge in [-0.25, -0.2) is 4.68 Å². The maximum absolute atomic E-state index is 12.3. The van der Waals surface area contributed by atoms with Crippen LogP contribution >= 0.6 is 0 Å². The van der Waals surface area contributed by atoms with Gasteiger partial charge in [0.2, 0.25) is 5.91 Å². The fourth-order valence-corrected chi connectivity index (χ4v) is 2.97. The third kappa shape index (κ3) is 5.02. The molecule has 1 saturated heterocycles. The molecule has 1 atom stereocenters. The van der Waals surface area contributed by atoms with E-state index in [1.807, 2.05) is 24.6 Å². The van der Waals surface area contributed by atoms with Crippen LogP contribution in [-0.4, -0.2) is 78.0 Å². The summed E-state index contributed by atoms with van der Waals surface area (Å²) in [4.78, 5) is 16.9. The number of aromatic nitrogens is 2. The lowest BCUT2D eigenvalue weighted by atomic mass is 10.2. The molecule has 23 heavy (non-hydrogen) atoms. The van der Waals surface area contributed by atoms with Gasteiger partial charge in [0.1, 0.15) is 5.82 Å². The van der Waals surface area contributed by atoms with Gasteiger partial charge in [0.05, 0.1) is 19.3 Å². The summed E-state index contributed by atoms with van der Waals surface area (Å²) in [5.74, 6) is 0.779. The quantitative estimate of drug-likeness (QED) is 0.813. The average molecular weight is 323 g/mol. The van der Waals surface area contributed by atoms with Gasteiger partial charge in [-0.2, -0.15) is 5.10 Å². The number of carbonyl (C=O) groups is 1. The van der Waals surface area contributed by atoms with E-state index in [2.05, 4.69) is 27.1 Å². The maximum Gasteiger partial charge on any atom is 0.239 e. The Bertz CT molecular complexity index is 502. The number of anilines is 1. The molecule has 0 spiro atoms. The minimum absolute atomic E-state index is 0.0185. The molecule has 1 aliphatic heterocycles. The van der Waals surface area contributed by atoms with Crippen molar-refractivity contribution < 1.29 is 9.53 Å². The van der Waals surface area contributed by atoms with Crippen molar-refractivity contribution in [3.63, 3.8) is 0 Å². The summed E-state index contributed by atoms with van der Waals surface area (Å²) in [5, 5.41) is 7.20. The fraction of sp³-hybridized carbons (Fsp3) is 0.750. The van der Waals surface area contributed by atoms with Crippen LogP contribution in [0.5, 0.6) is 0 Å². The highest BCUT2D eigenvalue weighted by Crippen LogP contribution is 2.14. The van der Waals surface area contributed by atoms with E-state index in [4.69, 9.17) is 4.74 Å². The van der Waals surface area contributed by atoms with Crippen LogP contribution in [0.4, 0.5) is 5.82 Å². The first-order valence-electron chi connectivity index (χ1n) is 8.30. The van der Waals surface area contributed by atoms with Gasteiger partial charge in [0.15, 0.2) is 0 Å². The molecule has 1 amide bonds. The molecule has 1 N–H and O–H groups in total. The molecule has 7 nitrogen and oxygen atoms in total. The third-order valence-corrected chi connectivity index (χ3v) is 4.23. The van der Waals surface area contributed by atoms with E-state index in [-0.39, 0.29) is 11.9 Å². The largest absolute Gasteiger partial charge is 0.383 e. The average Bonchev–Trinajstić information content (AvgIpc) is 2.94. The van der Waals surface area contributed by atoms with Gasteiger partial charge < -0.3 is 10.1 Å². The lowest BCUT2D eigenvalue weighted by molar-refractivity contribution is -0.118. The highest BCUT2D eigenvalue weighted by molar-refractivity contribution is 5.91. The molecule has 0 aliphatic carbocycles. The predicted octanol–water partition coefficient (Wildman–Crippen LogP) is 1.06. The topological polar surface area (TPSA) is 62.6 Å². The highest BCUT2D eigenvalue weighted by Gasteiger charge is 2.24. The van der Waals surface area contributed by atoms with Crippen molar-refractivity contribution in [2.75, 3.05) is 51.8 Å². The second kappa shape index (κ2) is 8.42. The first-order valence-corrected chi connectivity index (χ1v) is 8.30. The number of hydrogen-bond acceptors (Lipinski definition) is 5. The Kier molecular flexibility index (Phi) is 6.56. The Hall–Kier alpha value is -1.44. The molecule has 0 radical (unpaired) electrons. The first-order chi connectivity index (χ1) is 11.0. The smallest absolute Gasteiger partial charge is 0.239 e. The number of methoxy groups -OCH3 is 1. The lowest BCUT2D eigenvalue weighted by Crippen LogP contribution is -2.54. The zero-order valence-corrected chi connectivity index (χ0v) is 14.7. The zero-order valence-electron chi connectivity index (χ0n) is 14.7. The van der Waals surface area contributed by atoms with Gasteiger partial charge >= 0.3 is 0 Å². The van der Waals surface area contributed by atoms with E-state index in [1.165, 1.54) is 0 Å². The molecule has 0 unspecified atom stereocenters. The Balaban J connectivity index is 1.81. The fourth-order valence-electron chi connectivity index (χ4n) is 2.97. The van der Waals surface area contributed by atoms with Crippen LogP contribution in [0.3, 0.4) is 0 Å². The summed E-state index contributed by atoms with van der Waals surface area (Å²) in [6.45, 7) is 11.2. The molecule has 2 heterocycles. The molecule has 0 aromatic carbocycles. The minimum Gasteiger partial charge on any atom is -0.383 e. The van der Waals surface area contributed by atoms with E-state index in [0.717, 1.165) is 38.6 Å². The molecule has 0 bridgehead atoms. The number of nitrogens with zero attached hydrogens (tertiary/aromatic N) is 4. The van der Waals surface area contributed by atoms with Gasteiger partial charge in [0, 0.05) is 51.4 Å². The number of nitrogens with one attached hydrogen (secondary N) is 1. The van der Waals surface area contributed by atoms with E-state index in [0.29, 0.717) is 12.6 Å². The van der Waals surface area contributed by atoms with Crippen LogP contribution in [0.1, 0.15) is 26.8 Å². The van der Waals surface area contributed by atoms with Crippen molar-refractivity contribution in [1.29, 1.82) is 0 Å². The molecule has 1 fully saturated rings. The van der Waals surface area contributed by atoms with Crippen molar-refractivity contribution in [2.45, 2.75) is 32.9 Å². The molecular weight excluding hydrogens is 294 g/mol. The number of rotatable bonds is 7. The van der Waals surface area contributed by atoms with Crippen molar-refractivity contribution in [3.05, 3.63) is 12.3 Å². The Morgan fingerprint density at radius 3 is 2.91 bits per heavy atom. The number of ether oxygens (including phenoxy) is 1. The minimum atomic E-state index is 0.0185. The van der Waals surface area contributed by atoms with Gasteiger partial charge in [-0.15, -0.1) is 0 Å². The zero-order chi connectivity index (χ0) is 16.8. The third-order valence-electron chi connectivity index (χ3n) is 4.23. The number of piperazine rings is 1. The SMILES string of the molecule is COCCN1CCN(CC(=O)Nc2ccnn2C(C)C)C[C@@H]1C. The number of carbonyl (C=O) groups excluding carboxylic acids is 1. The molecule has 130 valence electrons. The van der Waals surface area contributed by atoms with Crippen LogP contribution in [0, 0.1) is 0 Å². The molecule has 7 heteroatoms. The van der Waals surface area contributed by atoms with Crippen molar-refractivity contribution in [2.24, 2.45) is 0 Å². The van der Waals surface area contributed by atoms with Crippen LogP contribution in [0.25, 0.3) is 0 Å². The summed E-state index contributed by atoms with van der Waals surface area (Å²) in [6.07, 6.45) is 1.71. The van der Waals surface area contributed by atoms with Crippen LogP contribution in [0.2, 0.25) is 0 Å². The van der Waals surface area contributed by atoms with Crippen molar-refractivity contribution >= 4 is 11.7 Å². The molecule has 0 saturated carbocycles. The number of amides is 1. The molecule has 2 rings (SSSR count). The Labute approximate surface area is 138 Å². The van der Waals surface area contributed by atoms with Crippen molar-refractivity contribution in [3.8, 4) is 0 Å². The molecule has 1 aromatic heterocycles. The summed E-state index contributed by atoms with van der Waals surface area (Å²) < 4.78 is 6.97. The second-order valence-electron chi connectivity index (χ2n) is 6.42. The molecular formula is C16H29N5O2. The normalized spacial score (nSPS) is 20.1. The van der Waals surface area contributed by atoms with Gasteiger partial charge in [-0.3, -0.25) is 14.6 Å². The van der Waals surface area contributed by atoms with E-state index in [1.54, 1.807) is 13.3 Å². The summed E-state index contributed by atoms with van der Waals surface area (Å²) in [5.41, 5.74) is 0. The maximum atomic E-state index is 12.3. The van der Waals surface area contributed by atoms with Gasteiger partial charge in [0.25, 0.3) is 0 Å². The standard InChI is InChI=1S/C16H29N5O2/c1-13(2)21-15(5-6-17-21)18-16(22)12-19-7-8-20(9-10-23-4)14(3)11-19/h5-6,13-14H,7-12H2,1-4H3,(H,18,22)/t14-/m0/s1. The van der Waals surface area contributed by atoms with Gasteiger partial charge in [-0.1, -0.05) is 0 Å². The predicted molar refractivity (Wildman–Crippen MR) is 90.6 cm³/mol. The summed E-state index contributed by atoms with van der Waals surface area (Å²) in [6, 6.07) is 2.50. The van der Waals surface area contributed by atoms with Crippen LogP contribution in [0.15, 0.2) is 12.3 Å². The van der Waals surface area contributed by atoms with Crippen LogP contribution in [-0.2, 0) is 9.53 Å². The Morgan fingerprint density at radius 2 is 2.26 bits per heavy atom. The van der Waals surface area contributed by atoms with Crippen molar-refractivity contribution in [1.82, 2.24) is 19.6 Å². The monoisotopic (exact) mass is 323 g/mol. The summed E-state index contributed by atoms with van der Waals surface area (Å²) >= 11 is 0. The van der Waals surface area contributed by atoms with E-state index in [9.17, 15) is 4.79 Å². The van der Waals surface area contributed by atoms with E-state index >= 15 is 0 Å². The summed E-state index contributed by atoms with van der Waals surface area (Å²) in [7, 11) is 1.73. The van der Waals surface area contributed by atoms with Gasteiger partial charge in [-0.05, 0) is 20.8 Å². The van der Waals surface area contributed by atoms with Crippen LogP contribution < -0.4 is 5.32 Å². The Morgan fingerprint density at radius 1 is 1.48 bits per heavy atom. The molecule has 1 aliphatic rings. The highest BCUT2D eigenvalue weighted by atomic mass is 16.5. The second-order valence-corrected chi connectivity index (χ2v) is 6.42. The lowest BCUT2D eigenvalue weighted by Gasteiger charge is -2.39. The first kappa shape index (κ1) is 17.9. The number of hydrogen-bond donors (Lipinski definition) is 1. The van der Waals surface area contributed by atoms with E-state index < -0.39 is 0 Å². The molecule has 1 aromatic rings.